The van der Waals surface area contributed by atoms with Gasteiger partial charge in [-0.1, -0.05) is 155 Å². The lowest BCUT2D eigenvalue weighted by atomic mass is 9.97. The minimum absolute atomic E-state index is 0.242. The fourth-order valence-electron chi connectivity index (χ4n) is 7.54. The molecule has 2 rings (SSSR count). The molecule has 0 aromatic rings. The number of aliphatic hydroxyl groups is 8. The lowest BCUT2D eigenvalue weighted by Gasteiger charge is -2.46. The number of hydrogen-bond acceptors (Lipinski definition) is 13. The van der Waals surface area contributed by atoms with Gasteiger partial charge in [-0.15, -0.1) is 0 Å². The van der Waals surface area contributed by atoms with Gasteiger partial charge in [0.05, 0.1) is 32.0 Å². The summed E-state index contributed by atoms with van der Waals surface area (Å²) < 4.78 is 22.5. The molecule has 392 valence electrons. The van der Waals surface area contributed by atoms with Crippen LogP contribution in [0.4, 0.5) is 0 Å². The van der Waals surface area contributed by atoms with Gasteiger partial charge in [0.1, 0.15) is 48.8 Å². The molecule has 2 aliphatic heterocycles. The summed E-state index contributed by atoms with van der Waals surface area (Å²) in [6.07, 6.45) is 38.9. The van der Waals surface area contributed by atoms with Gasteiger partial charge < -0.3 is 65.1 Å². The fraction of sp³-hybridized carbons (Fsp3) is 0.655. The quantitative estimate of drug-likeness (QED) is 0.0228. The minimum atomic E-state index is -1.79. The smallest absolute Gasteiger partial charge is 0.220 e. The number of rotatable bonds is 37. The van der Waals surface area contributed by atoms with Crippen molar-refractivity contribution in [2.24, 2.45) is 0 Å². The Morgan fingerprint density at radius 2 is 1.00 bits per heavy atom. The lowest BCUT2D eigenvalue weighted by Crippen LogP contribution is -2.65. The number of unbranched alkanes of at least 4 members (excludes halogenated alkanes) is 8. The molecule has 9 N–H and O–H groups in total. The number of ether oxygens (including phenoxy) is 4. The maximum absolute atomic E-state index is 13.1. The Labute approximate surface area is 413 Å². The summed E-state index contributed by atoms with van der Waals surface area (Å²) in [5.41, 5.74) is 0. The molecule has 14 nitrogen and oxygen atoms in total. The molecule has 1 amide bonds. The Morgan fingerprint density at radius 1 is 0.536 bits per heavy atom. The first kappa shape index (κ1) is 61.8. The van der Waals surface area contributed by atoms with Crippen LogP contribution in [0.25, 0.3) is 0 Å². The summed E-state index contributed by atoms with van der Waals surface area (Å²) >= 11 is 0. The average Bonchev–Trinajstić information content (AvgIpc) is 3.35. The summed E-state index contributed by atoms with van der Waals surface area (Å²) in [5, 5.41) is 86.3. The van der Waals surface area contributed by atoms with Crippen molar-refractivity contribution < 1.29 is 64.6 Å². The van der Waals surface area contributed by atoms with Gasteiger partial charge in [0.15, 0.2) is 12.6 Å². The largest absolute Gasteiger partial charge is 0.394 e. The Bertz CT molecular complexity index is 1570. The van der Waals surface area contributed by atoms with Gasteiger partial charge in [-0.25, -0.2) is 0 Å². The van der Waals surface area contributed by atoms with E-state index in [9.17, 15) is 45.6 Å². The number of carbonyl (C=O) groups is 1. The molecule has 2 fully saturated rings. The Balaban J connectivity index is 1.70. The van der Waals surface area contributed by atoms with Gasteiger partial charge in [0.2, 0.25) is 5.91 Å². The van der Waals surface area contributed by atoms with E-state index >= 15 is 0 Å². The monoisotopic (exact) mass is 972 g/mol. The third kappa shape index (κ3) is 27.2. The van der Waals surface area contributed by atoms with Crippen LogP contribution in [0.2, 0.25) is 0 Å². The van der Waals surface area contributed by atoms with Crippen LogP contribution in [0.15, 0.2) is 109 Å². The highest BCUT2D eigenvalue weighted by atomic mass is 16.7. The van der Waals surface area contributed by atoms with Crippen molar-refractivity contribution in [3.8, 4) is 0 Å². The van der Waals surface area contributed by atoms with E-state index in [0.29, 0.717) is 6.42 Å². The van der Waals surface area contributed by atoms with Crippen LogP contribution in [0, 0.1) is 0 Å². The second-order valence-electron chi connectivity index (χ2n) is 17.6. The predicted octanol–water partition coefficient (Wildman–Crippen LogP) is 6.93. The minimum Gasteiger partial charge on any atom is -0.394 e. The zero-order chi connectivity index (χ0) is 50.3. The van der Waals surface area contributed by atoms with Crippen molar-refractivity contribution in [2.75, 3.05) is 19.8 Å². The van der Waals surface area contributed by atoms with E-state index in [1.807, 2.05) is 6.08 Å². The molecule has 0 spiro atoms. The van der Waals surface area contributed by atoms with Crippen LogP contribution >= 0.6 is 0 Å². The van der Waals surface area contributed by atoms with Gasteiger partial charge in [0.25, 0.3) is 0 Å². The van der Waals surface area contributed by atoms with E-state index in [0.717, 1.165) is 109 Å². The molecule has 2 aliphatic rings. The maximum Gasteiger partial charge on any atom is 0.220 e. The van der Waals surface area contributed by atoms with Crippen LogP contribution in [0.5, 0.6) is 0 Å². The summed E-state index contributed by atoms with van der Waals surface area (Å²) in [6, 6.07) is -0.933. The van der Waals surface area contributed by atoms with Crippen molar-refractivity contribution in [3.63, 3.8) is 0 Å². The molecule has 2 saturated heterocycles. The third-order valence-electron chi connectivity index (χ3n) is 11.7. The number of hydrogen-bond donors (Lipinski definition) is 9. The van der Waals surface area contributed by atoms with Crippen molar-refractivity contribution >= 4 is 5.91 Å². The highest BCUT2D eigenvalue weighted by Gasteiger charge is 2.51. The normalized spacial score (nSPS) is 27.1. The molecule has 0 bridgehead atoms. The highest BCUT2D eigenvalue weighted by Crippen LogP contribution is 2.30. The van der Waals surface area contributed by atoms with Crippen LogP contribution in [-0.4, -0.2) is 140 Å². The maximum atomic E-state index is 13.1. The predicted molar refractivity (Wildman–Crippen MR) is 272 cm³/mol. The summed E-state index contributed by atoms with van der Waals surface area (Å²) in [4.78, 5) is 13.1. The molecule has 2 heterocycles. The molecular formula is C55H89NO13. The van der Waals surface area contributed by atoms with Gasteiger partial charge in [-0.2, -0.15) is 0 Å². The second kappa shape index (κ2) is 40.3. The zero-order valence-electron chi connectivity index (χ0n) is 41.5. The number of carbonyl (C=O) groups excluding carboxylic acids is 1. The van der Waals surface area contributed by atoms with E-state index < -0.39 is 86.8 Å². The zero-order valence-corrected chi connectivity index (χ0v) is 41.5. The molecule has 12 atom stereocenters. The summed E-state index contributed by atoms with van der Waals surface area (Å²) in [5.74, 6) is -0.277. The molecule has 0 aliphatic carbocycles. The van der Waals surface area contributed by atoms with Crippen molar-refractivity contribution in [2.45, 2.75) is 209 Å². The number of allylic oxidation sites excluding steroid dienone is 17. The van der Waals surface area contributed by atoms with Crippen molar-refractivity contribution in [3.05, 3.63) is 109 Å². The molecule has 0 saturated carbocycles. The Morgan fingerprint density at radius 3 is 1.52 bits per heavy atom. The third-order valence-corrected chi connectivity index (χ3v) is 11.7. The molecule has 14 heteroatoms. The number of amides is 1. The molecule has 69 heavy (non-hydrogen) atoms. The van der Waals surface area contributed by atoms with Crippen molar-refractivity contribution in [1.29, 1.82) is 0 Å². The van der Waals surface area contributed by atoms with E-state index in [2.05, 4.69) is 116 Å². The standard InChI is InChI=1S/C55H89NO13/c1-3-5-7-9-11-12-13-14-15-16-17-18-19-20-21-22-23-24-25-26-27-28-29-30-31-32-33-35-37-39-47(60)56-43(44(59)38-36-34-10-8-6-4-2)42-66-54-52(65)50(63)53(46(41-58)68-54)69-55-51(64)49(62)48(61)45(40-57)67-55/h5,7,11-12,14-15,17-18,20-21,23-24,26-27,29-30,36,38,43-46,48-55,57-59,61-65H,3-4,6,8-10,13,16,19,22,25,28,31-35,37,39-42H2,1-2H3,(H,56,60)/b7-5-,12-11-,15-14-,18-17-,21-20-,24-23-,27-26-,30-29-,38-36+. The van der Waals surface area contributed by atoms with Crippen LogP contribution in [0.3, 0.4) is 0 Å². The van der Waals surface area contributed by atoms with Gasteiger partial charge in [-0.3, -0.25) is 4.79 Å². The summed E-state index contributed by atoms with van der Waals surface area (Å²) in [7, 11) is 0. The van der Waals surface area contributed by atoms with E-state index in [1.165, 1.54) is 0 Å². The van der Waals surface area contributed by atoms with Crippen LogP contribution in [-0.2, 0) is 23.7 Å². The average molecular weight is 972 g/mol. The lowest BCUT2D eigenvalue weighted by molar-refractivity contribution is -0.359. The van der Waals surface area contributed by atoms with E-state index in [4.69, 9.17) is 18.9 Å². The first-order valence-electron chi connectivity index (χ1n) is 25.6. The molecule has 0 radical (unpaired) electrons. The van der Waals surface area contributed by atoms with E-state index in [1.54, 1.807) is 6.08 Å². The van der Waals surface area contributed by atoms with Crippen LogP contribution in [0.1, 0.15) is 136 Å². The topological polar surface area (TPSA) is 228 Å². The molecule has 0 aromatic carbocycles. The van der Waals surface area contributed by atoms with Gasteiger partial charge >= 0.3 is 0 Å². The molecule has 0 aromatic heterocycles. The Hall–Kier alpha value is -3.35. The Kier molecular flexibility index (Phi) is 36.0. The number of aliphatic hydroxyl groups excluding tert-OH is 8. The number of nitrogens with one attached hydrogen (secondary N) is 1. The first-order chi connectivity index (χ1) is 33.6. The van der Waals surface area contributed by atoms with Crippen LogP contribution < -0.4 is 5.32 Å². The SMILES string of the molecule is CC/C=C\C/C=C\C/C=C\C/C=C\C/C=C\C/C=C\C/C=C\C/C=C\CCCCCCC(=O)NC(COC1OC(CO)C(OC2OC(CO)C(O)C(O)C2O)C(O)C1O)C(O)/C=C/CCCCCC. The molecular weight excluding hydrogens is 883 g/mol. The molecule has 12 unspecified atom stereocenters. The van der Waals surface area contributed by atoms with Crippen molar-refractivity contribution in [1.82, 2.24) is 5.32 Å². The first-order valence-corrected chi connectivity index (χ1v) is 25.6. The van der Waals surface area contributed by atoms with E-state index in [-0.39, 0.29) is 18.9 Å². The second-order valence-corrected chi connectivity index (χ2v) is 17.6. The highest BCUT2D eigenvalue weighted by molar-refractivity contribution is 5.76. The summed E-state index contributed by atoms with van der Waals surface area (Å²) in [6.45, 7) is 2.52. The fourth-order valence-corrected chi connectivity index (χ4v) is 7.54. The van der Waals surface area contributed by atoms with Gasteiger partial charge in [0, 0.05) is 6.42 Å². The van der Waals surface area contributed by atoms with Gasteiger partial charge in [-0.05, 0) is 83.5 Å².